The molecule has 0 spiro atoms. The molecule has 3 aromatic rings. The van der Waals surface area contributed by atoms with Crippen LogP contribution in [0.4, 0.5) is 5.69 Å². The van der Waals surface area contributed by atoms with Gasteiger partial charge in [0.2, 0.25) is 10.0 Å². The van der Waals surface area contributed by atoms with E-state index in [1.54, 1.807) is 31.2 Å². The van der Waals surface area contributed by atoms with E-state index in [1.807, 2.05) is 56.3 Å². The fourth-order valence-corrected chi connectivity index (χ4v) is 4.35. The summed E-state index contributed by atoms with van der Waals surface area (Å²) in [6, 6.07) is 20.6. The maximum Gasteiger partial charge on any atom is 0.260 e. The minimum absolute atomic E-state index is 0.392. The molecule has 0 atom stereocenters. The van der Waals surface area contributed by atoms with Gasteiger partial charge in [0.25, 0.3) is 5.91 Å². The number of carbonyl (C=O) groups is 1. The first-order valence-corrected chi connectivity index (χ1v) is 13.3. The zero-order valence-electron chi connectivity index (χ0n) is 20.9. The Balaban J connectivity index is 1.67. The van der Waals surface area contributed by atoms with Crippen LogP contribution >= 0.6 is 0 Å². The fraction of sp³-hybridized carbons (Fsp3) is 0.259. The maximum absolute atomic E-state index is 12.5. The molecule has 0 radical (unpaired) electrons. The van der Waals surface area contributed by atoms with Crippen molar-refractivity contribution in [2.24, 2.45) is 5.10 Å². The van der Waals surface area contributed by atoms with E-state index in [0.29, 0.717) is 36.0 Å². The highest BCUT2D eigenvalue weighted by molar-refractivity contribution is 7.92. The van der Waals surface area contributed by atoms with Crippen molar-refractivity contribution in [2.75, 3.05) is 23.7 Å². The van der Waals surface area contributed by atoms with Crippen molar-refractivity contribution in [1.82, 2.24) is 5.43 Å². The molecule has 0 aliphatic carbocycles. The minimum atomic E-state index is -3.68. The van der Waals surface area contributed by atoms with Crippen LogP contribution in [0.3, 0.4) is 0 Å². The molecule has 190 valence electrons. The van der Waals surface area contributed by atoms with Gasteiger partial charge in [0.1, 0.15) is 13.2 Å². The summed E-state index contributed by atoms with van der Waals surface area (Å²) >= 11 is 0. The molecule has 0 aromatic heterocycles. The Labute approximate surface area is 212 Å². The number of aryl methyl sites for hydroxylation is 2. The standard InChI is InChI=1S/C27H31N3O5S/c1-5-34-26-16-23(13-14-25(26)35-19-22-9-7-6-8-10-22)17-28-29-27(31)18-30(36(4,32)33)24-15-20(2)11-12-21(24)3/h6-17H,5,18-19H2,1-4H3,(H,29,31)/b28-17-. The molecule has 9 heteroatoms. The second-order valence-electron chi connectivity index (χ2n) is 8.27. The van der Waals surface area contributed by atoms with Crippen molar-refractivity contribution in [3.05, 3.63) is 89.0 Å². The van der Waals surface area contributed by atoms with Crippen LogP contribution in [0.5, 0.6) is 11.5 Å². The van der Waals surface area contributed by atoms with E-state index in [4.69, 9.17) is 9.47 Å². The lowest BCUT2D eigenvalue weighted by molar-refractivity contribution is -0.119. The average Bonchev–Trinajstić information content (AvgIpc) is 2.84. The lowest BCUT2D eigenvalue weighted by Gasteiger charge is -2.23. The molecule has 0 saturated carbocycles. The Morgan fingerprint density at radius 2 is 1.75 bits per heavy atom. The number of ether oxygens (including phenoxy) is 2. The van der Waals surface area contributed by atoms with Gasteiger partial charge in [-0.15, -0.1) is 0 Å². The van der Waals surface area contributed by atoms with Crippen LogP contribution in [-0.2, 0) is 21.4 Å². The summed E-state index contributed by atoms with van der Waals surface area (Å²) in [6.07, 6.45) is 2.53. The summed E-state index contributed by atoms with van der Waals surface area (Å²) in [7, 11) is -3.68. The average molecular weight is 510 g/mol. The first kappa shape index (κ1) is 26.7. The number of hydrazone groups is 1. The molecule has 3 rings (SSSR count). The molecule has 0 heterocycles. The van der Waals surface area contributed by atoms with Gasteiger partial charge in [-0.05, 0) is 67.3 Å². The smallest absolute Gasteiger partial charge is 0.260 e. The van der Waals surface area contributed by atoms with Crippen molar-refractivity contribution in [3.63, 3.8) is 0 Å². The topological polar surface area (TPSA) is 97.3 Å². The number of nitrogens with one attached hydrogen (secondary N) is 1. The van der Waals surface area contributed by atoms with Crippen molar-refractivity contribution in [2.45, 2.75) is 27.4 Å². The SMILES string of the molecule is CCOc1cc(/C=N\NC(=O)CN(c2cc(C)ccc2C)S(C)(=O)=O)ccc1OCc1ccccc1. The van der Waals surface area contributed by atoms with Crippen LogP contribution < -0.4 is 19.2 Å². The molecule has 0 saturated heterocycles. The summed E-state index contributed by atoms with van der Waals surface area (Å²) < 4.78 is 37.5. The molecule has 0 fully saturated rings. The third kappa shape index (κ3) is 7.58. The molecule has 0 bridgehead atoms. The van der Waals surface area contributed by atoms with Gasteiger partial charge in [0.05, 0.1) is 24.8 Å². The zero-order chi connectivity index (χ0) is 26.1. The summed E-state index contributed by atoms with van der Waals surface area (Å²) in [5.41, 5.74) is 6.23. The maximum atomic E-state index is 12.5. The van der Waals surface area contributed by atoms with Crippen LogP contribution in [0, 0.1) is 13.8 Å². The van der Waals surface area contributed by atoms with E-state index in [2.05, 4.69) is 10.5 Å². The lowest BCUT2D eigenvalue weighted by atomic mass is 10.1. The Kier molecular flexibility index (Phi) is 9.08. The Hall–Kier alpha value is -3.85. The molecule has 0 unspecified atom stereocenters. The van der Waals surface area contributed by atoms with Crippen molar-refractivity contribution in [3.8, 4) is 11.5 Å². The van der Waals surface area contributed by atoms with Crippen molar-refractivity contribution >= 4 is 27.8 Å². The summed E-state index contributed by atoms with van der Waals surface area (Å²) in [4.78, 5) is 12.5. The highest BCUT2D eigenvalue weighted by Gasteiger charge is 2.22. The molecule has 3 aromatic carbocycles. The minimum Gasteiger partial charge on any atom is -0.490 e. The molecule has 1 N–H and O–H groups in total. The van der Waals surface area contributed by atoms with Crippen molar-refractivity contribution < 1.29 is 22.7 Å². The number of carbonyl (C=O) groups excluding carboxylic acids is 1. The molecule has 36 heavy (non-hydrogen) atoms. The molecule has 0 aliphatic heterocycles. The number of rotatable bonds is 11. The van der Waals surface area contributed by atoms with Crippen LogP contribution in [-0.4, -0.2) is 39.9 Å². The third-order valence-electron chi connectivity index (χ3n) is 5.23. The molecule has 1 amide bonds. The quantitative estimate of drug-likeness (QED) is 0.309. The van der Waals surface area contributed by atoms with E-state index >= 15 is 0 Å². The van der Waals surface area contributed by atoms with E-state index in [0.717, 1.165) is 27.3 Å². The van der Waals surface area contributed by atoms with Crippen molar-refractivity contribution in [1.29, 1.82) is 0 Å². The molecule has 8 nitrogen and oxygen atoms in total. The Morgan fingerprint density at radius 3 is 2.44 bits per heavy atom. The normalized spacial score (nSPS) is 11.3. The van der Waals surface area contributed by atoms with Gasteiger partial charge in [0.15, 0.2) is 11.5 Å². The third-order valence-corrected chi connectivity index (χ3v) is 6.35. The van der Waals surface area contributed by atoms with Crippen LogP contribution in [0.15, 0.2) is 71.8 Å². The van der Waals surface area contributed by atoms with Gasteiger partial charge in [0, 0.05) is 0 Å². The van der Waals surface area contributed by atoms with Gasteiger partial charge in [-0.1, -0.05) is 42.5 Å². The first-order valence-electron chi connectivity index (χ1n) is 11.5. The van der Waals surface area contributed by atoms with Gasteiger partial charge >= 0.3 is 0 Å². The van der Waals surface area contributed by atoms with E-state index < -0.39 is 22.5 Å². The molecular formula is C27H31N3O5S. The van der Waals surface area contributed by atoms with Gasteiger partial charge < -0.3 is 9.47 Å². The largest absolute Gasteiger partial charge is 0.490 e. The highest BCUT2D eigenvalue weighted by atomic mass is 32.2. The second-order valence-corrected chi connectivity index (χ2v) is 10.2. The summed E-state index contributed by atoms with van der Waals surface area (Å²) in [5.74, 6) is 0.589. The van der Waals surface area contributed by atoms with Gasteiger partial charge in [-0.25, -0.2) is 13.8 Å². The van der Waals surface area contributed by atoms with E-state index in [9.17, 15) is 13.2 Å². The zero-order valence-corrected chi connectivity index (χ0v) is 21.7. The summed E-state index contributed by atoms with van der Waals surface area (Å²) in [5, 5.41) is 3.99. The summed E-state index contributed by atoms with van der Waals surface area (Å²) in [6.45, 7) is 6.01. The van der Waals surface area contributed by atoms with Gasteiger partial charge in [-0.3, -0.25) is 9.10 Å². The van der Waals surface area contributed by atoms with Crippen LogP contribution in [0.25, 0.3) is 0 Å². The predicted molar refractivity (Wildman–Crippen MR) is 142 cm³/mol. The number of benzene rings is 3. The molecule has 0 aliphatic rings. The number of hydrogen-bond donors (Lipinski definition) is 1. The number of anilines is 1. The van der Waals surface area contributed by atoms with Crippen LogP contribution in [0.2, 0.25) is 0 Å². The fourth-order valence-electron chi connectivity index (χ4n) is 3.44. The van der Waals surface area contributed by atoms with E-state index in [1.165, 1.54) is 6.21 Å². The molecular weight excluding hydrogens is 478 g/mol. The Morgan fingerprint density at radius 1 is 1.00 bits per heavy atom. The second kappa shape index (κ2) is 12.2. The van der Waals surface area contributed by atoms with Crippen LogP contribution in [0.1, 0.15) is 29.2 Å². The van der Waals surface area contributed by atoms with Gasteiger partial charge in [-0.2, -0.15) is 5.10 Å². The number of amides is 1. The number of hydrogen-bond acceptors (Lipinski definition) is 6. The predicted octanol–water partition coefficient (Wildman–Crippen LogP) is 4.20. The first-order chi connectivity index (χ1) is 17.2. The Bertz CT molecular complexity index is 1320. The number of nitrogens with zero attached hydrogens (tertiary/aromatic N) is 2. The van der Waals surface area contributed by atoms with E-state index in [-0.39, 0.29) is 0 Å². The monoisotopic (exact) mass is 509 g/mol. The highest BCUT2D eigenvalue weighted by Crippen LogP contribution is 2.29. The lowest BCUT2D eigenvalue weighted by Crippen LogP contribution is -2.39. The number of sulfonamides is 1.